The van der Waals surface area contributed by atoms with Gasteiger partial charge in [-0.3, -0.25) is 14.5 Å². The molecule has 3 aromatic rings. The number of aliphatic hydroxyl groups excluding tert-OH is 1. The van der Waals surface area contributed by atoms with Crippen LogP contribution in [0.15, 0.2) is 72.3 Å². The zero-order valence-electron chi connectivity index (χ0n) is 18.3. The SMILES string of the molecule is COc1ccc(N2C(=O)C(=O)/C(=C(/O)c3cc(C)ccc3OC)C2c2ccccc2F)cc1. The first kappa shape index (κ1) is 22.1. The Labute approximate surface area is 190 Å². The van der Waals surface area contributed by atoms with Crippen molar-refractivity contribution in [1.29, 1.82) is 0 Å². The van der Waals surface area contributed by atoms with E-state index in [4.69, 9.17) is 9.47 Å². The minimum Gasteiger partial charge on any atom is -0.507 e. The molecule has 1 unspecified atom stereocenters. The highest BCUT2D eigenvalue weighted by Gasteiger charge is 2.48. The quantitative estimate of drug-likeness (QED) is 0.346. The molecule has 1 aliphatic rings. The fraction of sp³-hybridized carbons (Fsp3) is 0.154. The lowest BCUT2D eigenvalue weighted by Gasteiger charge is -2.26. The minimum absolute atomic E-state index is 0.0840. The summed E-state index contributed by atoms with van der Waals surface area (Å²) >= 11 is 0. The molecule has 0 aromatic heterocycles. The Hall–Kier alpha value is -4.13. The molecule has 1 heterocycles. The Morgan fingerprint density at radius 1 is 0.970 bits per heavy atom. The van der Waals surface area contributed by atoms with Crippen molar-refractivity contribution in [3.05, 3.63) is 94.8 Å². The first-order valence-corrected chi connectivity index (χ1v) is 10.2. The van der Waals surface area contributed by atoms with Crippen molar-refractivity contribution in [1.82, 2.24) is 0 Å². The molecule has 3 aromatic carbocycles. The second-order valence-corrected chi connectivity index (χ2v) is 7.59. The summed E-state index contributed by atoms with van der Waals surface area (Å²) < 4.78 is 25.5. The zero-order valence-corrected chi connectivity index (χ0v) is 18.3. The summed E-state index contributed by atoms with van der Waals surface area (Å²) in [6.45, 7) is 1.82. The van der Waals surface area contributed by atoms with Gasteiger partial charge in [-0.1, -0.05) is 29.8 Å². The van der Waals surface area contributed by atoms with Gasteiger partial charge < -0.3 is 14.6 Å². The molecule has 1 fully saturated rings. The van der Waals surface area contributed by atoms with Gasteiger partial charge in [-0.15, -0.1) is 0 Å². The largest absolute Gasteiger partial charge is 0.507 e. The first-order chi connectivity index (χ1) is 15.9. The fourth-order valence-corrected chi connectivity index (χ4v) is 3.98. The molecule has 1 N–H and O–H groups in total. The van der Waals surface area contributed by atoms with Gasteiger partial charge in [0, 0.05) is 11.3 Å². The number of nitrogens with zero attached hydrogens (tertiary/aromatic N) is 1. The monoisotopic (exact) mass is 447 g/mol. The van der Waals surface area contributed by atoms with E-state index in [0.717, 1.165) is 5.56 Å². The molecule has 168 valence electrons. The van der Waals surface area contributed by atoms with Crippen LogP contribution in [-0.4, -0.2) is 31.0 Å². The lowest BCUT2D eigenvalue weighted by Crippen LogP contribution is -2.29. The van der Waals surface area contributed by atoms with Gasteiger partial charge in [-0.25, -0.2) is 4.39 Å². The molecule has 1 atom stereocenters. The summed E-state index contributed by atoms with van der Waals surface area (Å²) in [4.78, 5) is 27.6. The van der Waals surface area contributed by atoms with E-state index >= 15 is 0 Å². The van der Waals surface area contributed by atoms with Crippen LogP contribution in [0.4, 0.5) is 10.1 Å². The Morgan fingerprint density at radius 3 is 2.30 bits per heavy atom. The number of anilines is 1. The number of ether oxygens (including phenoxy) is 2. The number of methoxy groups -OCH3 is 2. The highest BCUT2D eigenvalue weighted by molar-refractivity contribution is 6.51. The van der Waals surface area contributed by atoms with Crippen molar-refractivity contribution < 1.29 is 28.6 Å². The van der Waals surface area contributed by atoms with E-state index < -0.39 is 29.3 Å². The number of carbonyl (C=O) groups is 2. The van der Waals surface area contributed by atoms with Crippen LogP contribution in [0.1, 0.15) is 22.7 Å². The molecule has 33 heavy (non-hydrogen) atoms. The molecular weight excluding hydrogens is 425 g/mol. The van der Waals surface area contributed by atoms with E-state index in [2.05, 4.69) is 0 Å². The van der Waals surface area contributed by atoms with E-state index in [1.54, 1.807) is 48.5 Å². The number of aliphatic hydroxyl groups is 1. The number of aryl methyl sites for hydroxylation is 1. The highest BCUT2D eigenvalue weighted by Crippen LogP contribution is 2.44. The van der Waals surface area contributed by atoms with Gasteiger partial charge >= 0.3 is 0 Å². The third kappa shape index (κ3) is 3.82. The third-order valence-electron chi connectivity index (χ3n) is 5.60. The van der Waals surface area contributed by atoms with Crippen molar-refractivity contribution in [2.24, 2.45) is 0 Å². The number of Topliss-reactive ketones (excluding diaryl/α,β-unsaturated/α-hetero) is 1. The lowest BCUT2D eigenvalue weighted by molar-refractivity contribution is -0.132. The van der Waals surface area contributed by atoms with Crippen LogP contribution in [0.5, 0.6) is 11.5 Å². The Bertz CT molecular complexity index is 1270. The number of hydrogen-bond acceptors (Lipinski definition) is 5. The number of carbonyl (C=O) groups excluding carboxylic acids is 2. The van der Waals surface area contributed by atoms with Crippen LogP contribution in [0, 0.1) is 12.7 Å². The Balaban J connectivity index is 1.99. The maximum atomic E-state index is 15.0. The van der Waals surface area contributed by atoms with Crippen molar-refractivity contribution in [3.8, 4) is 11.5 Å². The molecule has 6 nitrogen and oxygen atoms in total. The van der Waals surface area contributed by atoms with Gasteiger partial charge in [-0.05, 0) is 49.4 Å². The summed E-state index contributed by atoms with van der Waals surface area (Å²) in [5.41, 5.74) is 1.28. The van der Waals surface area contributed by atoms with Crippen LogP contribution < -0.4 is 14.4 Å². The third-order valence-corrected chi connectivity index (χ3v) is 5.60. The van der Waals surface area contributed by atoms with Gasteiger partial charge in [0.25, 0.3) is 11.7 Å². The van der Waals surface area contributed by atoms with Gasteiger partial charge in [0.2, 0.25) is 0 Å². The standard InChI is InChI=1S/C26H22FNO5/c1-15-8-13-21(33-3)19(14-15)24(29)22-23(18-6-4-5-7-20(18)27)28(26(31)25(22)30)16-9-11-17(32-2)12-10-16/h4-14,23,29H,1-3H3/b24-22+. The van der Waals surface area contributed by atoms with Crippen molar-refractivity contribution in [2.45, 2.75) is 13.0 Å². The van der Waals surface area contributed by atoms with E-state index in [1.807, 2.05) is 6.92 Å². The smallest absolute Gasteiger partial charge is 0.300 e. The van der Waals surface area contributed by atoms with Gasteiger partial charge in [0.15, 0.2) is 0 Å². The average molecular weight is 447 g/mol. The van der Waals surface area contributed by atoms with Crippen molar-refractivity contribution in [3.63, 3.8) is 0 Å². The molecule has 4 rings (SSSR count). The van der Waals surface area contributed by atoms with Gasteiger partial charge in [0.05, 0.1) is 31.4 Å². The molecule has 0 radical (unpaired) electrons. The fourth-order valence-electron chi connectivity index (χ4n) is 3.98. The molecule has 1 amide bonds. The van der Waals surface area contributed by atoms with Crippen LogP contribution in [0.3, 0.4) is 0 Å². The predicted molar refractivity (Wildman–Crippen MR) is 122 cm³/mol. The maximum Gasteiger partial charge on any atom is 0.300 e. The topological polar surface area (TPSA) is 76.1 Å². The number of halogens is 1. The van der Waals surface area contributed by atoms with E-state index in [-0.39, 0.29) is 16.7 Å². The molecule has 1 saturated heterocycles. The maximum absolute atomic E-state index is 15.0. The lowest BCUT2D eigenvalue weighted by atomic mass is 9.94. The molecule has 0 bridgehead atoms. The van der Waals surface area contributed by atoms with Crippen molar-refractivity contribution >= 4 is 23.1 Å². The minimum atomic E-state index is -1.18. The average Bonchev–Trinajstić information content (AvgIpc) is 3.09. The number of benzene rings is 3. The van der Waals surface area contributed by atoms with E-state index in [0.29, 0.717) is 17.2 Å². The van der Waals surface area contributed by atoms with Gasteiger partial charge in [-0.2, -0.15) is 0 Å². The normalized spacial score (nSPS) is 17.3. The molecule has 0 spiro atoms. The summed E-state index contributed by atoms with van der Waals surface area (Å²) in [5, 5.41) is 11.3. The van der Waals surface area contributed by atoms with E-state index in [1.165, 1.54) is 37.3 Å². The molecule has 0 saturated carbocycles. The number of rotatable bonds is 5. The molecule has 0 aliphatic carbocycles. The van der Waals surface area contributed by atoms with Crippen LogP contribution in [0.25, 0.3) is 5.76 Å². The van der Waals surface area contributed by atoms with Crippen LogP contribution in [0.2, 0.25) is 0 Å². The Kier molecular flexibility index (Phi) is 5.87. The van der Waals surface area contributed by atoms with Crippen LogP contribution in [-0.2, 0) is 9.59 Å². The summed E-state index contributed by atoms with van der Waals surface area (Å²) in [6, 6.07) is 16.3. The number of ketones is 1. The number of hydrogen-bond donors (Lipinski definition) is 1. The second-order valence-electron chi connectivity index (χ2n) is 7.59. The molecule has 7 heteroatoms. The summed E-state index contributed by atoms with van der Waals surface area (Å²) in [5.74, 6) is -1.95. The second kappa shape index (κ2) is 8.78. The Morgan fingerprint density at radius 2 is 1.67 bits per heavy atom. The summed E-state index contributed by atoms with van der Waals surface area (Å²) in [7, 11) is 2.95. The van der Waals surface area contributed by atoms with Crippen LogP contribution >= 0.6 is 0 Å². The zero-order chi connectivity index (χ0) is 23.7. The van der Waals surface area contributed by atoms with E-state index in [9.17, 15) is 19.1 Å². The van der Waals surface area contributed by atoms with Gasteiger partial charge in [0.1, 0.15) is 23.1 Å². The highest BCUT2D eigenvalue weighted by atomic mass is 19.1. The molecule has 1 aliphatic heterocycles. The molecular formula is C26H22FNO5. The van der Waals surface area contributed by atoms with Crippen molar-refractivity contribution in [2.75, 3.05) is 19.1 Å². The predicted octanol–water partition coefficient (Wildman–Crippen LogP) is 4.78. The first-order valence-electron chi connectivity index (χ1n) is 10.2. The number of amides is 1. The summed E-state index contributed by atoms with van der Waals surface area (Å²) in [6.07, 6.45) is 0.